The van der Waals surface area contributed by atoms with Crippen molar-refractivity contribution in [1.82, 2.24) is 4.98 Å². The molecule has 17 heavy (non-hydrogen) atoms. The third kappa shape index (κ3) is 3.49. The van der Waals surface area contributed by atoms with Crippen LogP contribution >= 0.6 is 11.3 Å². The summed E-state index contributed by atoms with van der Waals surface area (Å²) in [6.45, 7) is 1.42. The number of hydrogen-bond donors (Lipinski definition) is 1. The molecule has 0 amide bonds. The molecule has 0 saturated carbocycles. The van der Waals surface area contributed by atoms with E-state index in [-0.39, 0.29) is 6.10 Å². The van der Waals surface area contributed by atoms with E-state index in [2.05, 4.69) is 4.98 Å². The van der Waals surface area contributed by atoms with E-state index in [1.54, 1.807) is 5.38 Å². The molecule has 5 nitrogen and oxygen atoms in total. The fourth-order valence-corrected chi connectivity index (χ4v) is 2.32. The Bertz CT molecular complexity index is 375. The Morgan fingerprint density at radius 2 is 2.53 bits per heavy atom. The molecule has 2 N–H and O–H groups in total. The average Bonchev–Trinajstić information content (AvgIpc) is 2.86. The van der Waals surface area contributed by atoms with Crippen molar-refractivity contribution in [2.45, 2.75) is 31.9 Å². The van der Waals surface area contributed by atoms with Crippen LogP contribution in [0.15, 0.2) is 5.38 Å². The first-order valence-corrected chi connectivity index (χ1v) is 6.60. The summed E-state index contributed by atoms with van der Waals surface area (Å²) in [4.78, 5) is 15.7. The summed E-state index contributed by atoms with van der Waals surface area (Å²) in [5, 5.41) is 2.41. The van der Waals surface area contributed by atoms with Crippen molar-refractivity contribution in [2.75, 3.05) is 13.2 Å². The lowest BCUT2D eigenvalue weighted by atomic mass is 10.1. The Hall–Kier alpha value is -0.980. The summed E-state index contributed by atoms with van der Waals surface area (Å²) >= 11 is 1.37. The number of ether oxygens (including phenoxy) is 2. The highest BCUT2D eigenvalue weighted by Gasteiger charge is 2.18. The molecule has 2 heterocycles. The van der Waals surface area contributed by atoms with Crippen LogP contribution in [0.25, 0.3) is 0 Å². The molecule has 6 heteroatoms. The molecule has 2 rings (SSSR count). The third-order valence-corrected chi connectivity index (χ3v) is 3.48. The highest BCUT2D eigenvalue weighted by atomic mass is 32.1. The molecule has 0 bridgehead atoms. The van der Waals surface area contributed by atoms with Gasteiger partial charge in [-0.05, 0) is 19.3 Å². The molecule has 94 valence electrons. The Morgan fingerprint density at radius 3 is 3.18 bits per heavy atom. The molecular weight excluding hydrogens is 240 g/mol. The fourth-order valence-electron chi connectivity index (χ4n) is 1.68. The summed E-state index contributed by atoms with van der Waals surface area (Å²) in [6, 6.07) is 0. The first-order chi connectivity index (χ1) is 8.29. The van der Waals surface area contributed by atoms with Gasteiger partial charge in [-0.2, -0.15) is 0 Å². The molecule has 0 aromatic carbocycles. The second-order valence-electron chi connectivity index (χ2n) is 3.92. The number of carbonyl (C=O) groups excluding carboxylic acids is 1. The first kappa shape index (κ1) is 12.5. The van der Waals surface area contributed by atoms with E-state index in [1.807, 2.05) is 0 Å². The Balaban J connectivity index is 1.80. The quantitative estimate of drug-likeness (QED) is 0.822. The van der Waals surface area contributed by atoms with Gasteiger partial charge in [-0.3, -0.25) is 0 Å². The predicted molar refractivity (Wildman–Crippen MR) is 63.9 cm³/mol. The molecule has 1 aromatic rings. The van der Waals surface area contributed by atoms with Crippen LogP contribution in [0, 0.1) is 0 Å². The van der Waals surface area contributed by atoms with Crippen molar-refractivity contribution in [1.29, 1.82) is 0 Å². The van der Waals surface area contributed by atoms with Gasteiger partial charge in [-0.15, -0.1) is 11.3 Å². The zero-order chi connectivity index (χ0) is 12.1. The molecule has 1 unspecified atom stereocenters. The second-order valence-corrected chi connectivity index (χ2v) is 4.86. The number of thiazole rings is 1. The highest BCUT2D eigenvalue weighted by Crippen LogP contribution is 2.14. The van der Waals surface area contributed by atoms with Gasteiger partial charge in [0.15, 0.2) is 5.69 Å². The standard InChI is InChI=1S/C11H16N2O3S/c12-5-10-13-9(7-17-10)11(14)16-6-8-3-1-2-4-15-8/h7-8H,1-6,12H2. The largest absolute Gasteiger partial charge is 0.458 e. The van der Waals surface area contributed by atoms with Crippen LogP contribution < -0.4 is 5.73 Å². The molecular formula is C11H16N2O3S. The van der Waals surface area contributed by atoms with E-state index in [4.69, 9.17) is 15.2 Å². The Labute approximate surface area is 104 Å². The third-order valence-electron chi connectivity index (χ3n) is 2.61. The van der Waals surface area contributed by atoms with Gasteiger partial charge in [0.05, 0.1) is 6.10 Å². The minimum Gasteiger partial charge on any atom is -0.458 e. The number of esters is 1. The zero-order valence-electron chi connectivity index (χ0n) is 9.55. The van der Waals surface area contributed by atoms with Gasteiger partial charge in [-0.1, -0.05) is 0 Å². The van der Waals surface area contributed by atoms with Gasteiger partial charge in [0, 0.05) is 18.5 Å². The van der Waals surface area contributed by atoms with Crippen LogP contribution in [-0.2, 0) is 16.0 Å². The lowest BCUT2D eigenvalue weighted by Crippen LogP contribution is -2.26. The summed E-state index contributed by atoms with van der Waals surface area (Å²) in [6.07, 6.45) is 3.23. The van der Waals surface area contributed by atoms with Crippen molar-refractivity contribution < 1.29 is 14.3 Å². The summed E-state index contributed by atoms with van der Waals surface area (Å²) < 4.78 is 10.6. The Kier molecular flexibility index (Phi) is 4.47. The van der Waals surface area contributed by atoms with Gasteiger partial charge in [-0.25, -0.2) is 9.78 Å². The molecule has 0 aliphatic carbocycles. The molecule has 1 aromatic heterocycles. The lowest BCUT2D eigenvalue weighted by molar-refractivity contribution is -0.0302. The van der Waals surface area contributed by atoms with Gasteiger partial charge in [0.2, 0.25) is 0 Å². The predicted octanol–water partition coefficient (Wildman–Crippen LogP) is 1.33. The van der Waals surface area contributed by atoms with Crippen molar-refractivity contribution >= 4 is 17.3 Å². The van der Waals surface area contributed by atoms with Crippen molar-refractivity contribution in [2.24, 2.45) is 5.73 Å². The van der Waals surface area contributed by atoms with Crippen molar-refractivity contribution in [3.63, 3.8) is 0 Å². The molecule has 1 aliphatic rings. The van der Waals surface area contributed by atoms with Crippen LogP contribution in [0.1, 0.15) is 34.8 Å². The van der Waals surface area contributed by atoms with Gasteiger partial charge >= 0.3 is 5.97 Å². The molecule has 1 aliphatic heterocycles. The van der Waals surface area contributed by atoms with Crippen LogP contribution in [0.2, 0.25) is 0 Å². The van der Waals surface area contributed by atoms with Crippen LogP contribution in [0.5, 0.6) is 0 Å². The number of aromatic nitrogens is 1. The minimum atomic E-state index is -0.393. The number of carbonyl (C=O) groups is 1. The second kappa shape index (κ2) is 6.09. The topological polar surface area (TPSA) is 74.4 Å². The number of nitrogens with zero attached hydrogens (tertiary/aromatic N) is 1. The van der Waals surface area contributed by atoms with Crippen LogP contribution in [0.3, 0.4) is 0 Å². The molecule has 1 atom stereocenters. The summed E-state index contributed by atoms with van der Waals surface area (Å²) in [5.74, 6) is -0.393. The maximum Gasteiger partial charge on any atom is 0.357 e. The SMILES string of the molecule is NCc1nc(C(=O)OCC2CCCCO2)cs1. The van der Waals surface area contributed by atoms with E-state index in [1.165, 1.54) is 11.3 Å². The average molecular weight is 256 g/mol. The van der Waals surface area contributed by atoms with Crippen LogP contribution in [0.4, 0.5) is 0 Å². The lowest BCUT2D eigenvalue weighted by Gasteiger charge is -2.21. The van der Waals surface area contributed by atoms with Crippen molar-refractivity contribution in [3.8, 4) is 0 Å². The fraction of sp³-hybridized carbons (Fsp3) is 0.636. The van der Waals surface area contributed by atoms with Gasteiger partial charge in [0.1, 0.15) is 11.6 Å². The van der Waals surface area contributed by atoms with E-state index in [0.29, 0.717) is 18.8 Å². The van der Waals surface area contributed by atoms with E-state index < -0.39 is 5.97 Å². The van der Waals surface area contributed by atoms with Gasteiger partial charge in [0.25, 0.3) is 0 Å². The molecule has 0 spiro atoms. The van der Waals surface area contributed by atoms with Crippen LogP contribution in [-0.4, -0.2) is 30.3 Å². The zero-order valence-corrected chi connectivity index (χ0v) is 10.4. The van der Waals surface area contributed by atoms with Gasteiger partial charge < -0.3 is 15.2 Å². The van der Waals surface area contributed by atoms with E-state index in [9.17, 15) is 4.79 Å². The normalized spacial score (nSPS) is 20.2. The van der Waals surface area contributed by atoms with E-state index in [0.717, 1.165) is 30.9 Å². The maximum atomic E-state index is 11.6. The highest BCUT2D eigenvalue weighted by molar-refractivity contribution is 7.09. The van der Waals surface area contributed by atoms with Crippen molar-refractivity contribution in [3.05, 3.63) is 16.1 Å². The summed E-state index contributed by atoms with van der Waals surface area (Å²) in [7, 11) is 0. The smallest absolute Gasteiger partial charge is 0.357 e. The molecule has 0 radical (unpaired) electrons. The summed E-state index contributed by atoms with van der Waals surface area (Å²) in [5.41, 5.74) is 5.77. The molecule has 1 saturated heterocycles. The number of hydrogen-bond acceptors (Lipinski definition) is 6. The molecule has 1 fully saturated rings. The number of rotatable bonds is 4. The Morgan fingerprint density at radius 1 is 1.65 bits per heavy atom. The first-order valence-electron chi connectivity index (χ1n) is 5.73. The minimum absolute atomic E-state index is 0.0420. The maximum absolute atomic E-state index is 11.6. The monoisotopic (exact) mass is 256 g/mol. The van der Waals surface area contributed by atoms with E-state index >= 15 is 0 Å². The number of nitrogens with two attached hydrogens (primary N) is 1.